The smallest absolute Gasteiger partial charge is 0.255 e. The zero-order chi connectivity index (χ0) is 12.8. The van der Waals surface area contributed by atoms with E-state index in [1.165, 1.54) is 10.6 Å². The second kappa shape index (κ2) is 6.20. The van der Waals surface area contributed by atoms with Crippen molar-refractivity contribution in [2.75, 3.05) is 27.3 Å². The van der Waals surface area contributed by atoms with Gasteiger partial charge in [0.1, 0.15) is 0 Å². The van der Waals surface area contributed by atoms with Crippen molar-refractivity contribution in [2.45, 2.75) is 6.42 Å². The highest BCUT2D eigenvalue weighted by atomic mass is 16.5. The molecule has 0 saturated carbocycles. The number of ether oxygens (including phenoxy) is 1. The van der Waals surface area contributed by atoms with Gasteiger partial charge in [0, 0.05) is 46.6 Å². The Kier molecular flexibility index (Phi) is 4.90. The van der Waals surface area contributed by atoms with E-state index in [9.17, 15) is 9.59 Å². The summed E-state index contributed by atoms with van der Waals surface area (Å²) < 4.78 is 6.33. The van der Waals surface area contributed by atoms with Gasteiger partial charge in [0.05, 0.1) is 5.56 Å². The molecule has 0 aliphatic heterocycles. The first-order valence-electron chi connectivity index (χ1n) is 5.47. The lowest BCUT2D eigenvalue weighted by Crippen LogP contribution is -2.29. The van der Waals surface area contributed by atoms with E-state index in [1.54, 1.807) is 38.4 Å². The summed E-state index contributed by atoms with van der Waals surface area (Å²) in [5.74, 6) is -0.0864. The molecule has 5 heteroatoms. The van der Waals surface area contributed by atoms with Gasteiger partial charge in [-0.1, -0.05) is 0 Å². The van der Waals surface area contributed by atoms with Gasteiger partial charge in [-0.2, -0.15) is 0 Å². The molecular formula is C12H18N2O3. The standard InChI is InChI=1S/C12H18N2O3/c1-13(7-4-8-17-3)12(16)10-5-6-11(15)14(2)9-10/h5-6,9H,4,7-8H2,1-3H3. The van der Waals surface area contributed by atoms with Crippen molar-refractivity contribution >= 4 is 5.91 Å². The number of amides is 1. The Labute approximate surface area is 101 Å². The first-order chi connectivity index (χ1) is 8.06. The molecule has 0 N–H and O–H groups in total. The van der Waals surface area contributed by atoms with Gasteiger partial charge in [0.25, 0.3) is 5.91 Å². The van der Waals surface area contributed by atoms with E-state index in [-0.39, 0.29) is 11.5 Å². The molecule has 0 fully saturated rings. The van der Waals surface area contributed by atoms with Crippen molar-refractivity contribution in [1.82, 2.24) is 9.47 Å². The lowest BCUT2D eigenvalue weighted by atomic mass is 10.2. The van der Waals surface area contributed by atoms with Crippen molar-refractivity contribution in [3.63, 3.8) is 0 Å². The number of pyridine rings is 1. The Morgan fingerprint density at radius 1 is 1.47 bits per heavy atom. The normalized spacial score (nSPS) is 10.3. The minimum atomic E-state index is -0.122. The first kappa shape index (κ1) is 13.4. The van der Waals surface area contributed by atoms with Gasteiger partial charge in [-0.3, -0.25) is 9.59 Å². The maximum Gasteiger partial charge on any atom is 0.255 e. The average Bonchev–Trinajstić information content (AvgIpc) is 2.32. The van der Waals surface area contributed by atoms with Crippen LogP contribution in [-0.4, -0.2) is 42.7 Å². The van der Waals surface area contributed by atoms with E-state index in [4.69, 9.17) is 4.74 Å². The third kappa shape index (κ3) is 3.71. The maximum atomic E-state index is 12.0. The van der Waals surface area contributed by atoms with Crippen LogP contribution < -0.4 is 5.56 Å². The molecule has 0 atom stereocenters. The minimum Gasteiger partial charge on any atom is -0.385 e. The van der Waals surface area contributed by atoms with Gasteiger partial charge in [-0.25, -0.2) is 0 Å². The Hall–Kier alpha value is -1.62. The number of carbonyl (C=O) groups excluding carboxylic acids is 1. The number of hydrogen-bond donors (Lipinski definition) is 0. The fraction of sp³-hybridized carbons (Fsp3) is 0.500. The Bertz CT molecular complexity index is 440. The molecule has 0 saturated heterocycles. The van der Waals surface area contributed by atoms with Crippen LogP contribution in [0.15, 0.2) is 23.1 Å². The molecule has 94 valence electrons. The monoisotopic (exact) mass is 238 g/mol. The zero-order valence-corrected chi connectivity index (χ0v) is 10.5. The summed E-state index contributed by atoms with van der Waals surface area (Å²) in [5, 5.41) is 0. The molecule has 1 heterocycles. The fourth-order valence-corrected chi connectivity index (χ4v) is 1.49. The predicted molar refractivity (Wildman–Crippen MR) is 65.1 cm³/mol. The van der Waals surface area contributed by atoms with Gasteiger partial charge in [-0.15, -0.1) is 0 Å². The van der Waals surface area contributed by atoms with Crippen molar-refractivity contribution in [2.24, 2.45) is 7.05 Å². The van der Waals surface area contributed by atoms with Crippen LogP contribution in [0.1, 0.15) is 16.8 Å². The summed E-state index contributed by atoms with van der Waals surface area (Å²) >= 11 is 0. The highest BCUT2D eigenvalue weighted by Gasteiger charge is 2.11. The van der Waals surface area contributed by atoms with Crippen molar-refractivity contribution in [3.8, 4) is 0 Å². The molecule has 0 bridgehead atoms. The van der Waals surface area contributed by atoms with Crippen LogP contribution in [0.3, 0.4) is 0 Å². The van der Waals surface area contributed by atoms with Crippen molar-refractivity contribution < 1.29 is 9.53 Å². The number of aromatic nitrogens is 1. The number of carbonyl (C=O) groups is 1. The molecule has 1 rings (SSSR count). The molecule has 0 spiro atoms. The van der Waals surface area contributed by atoms with Crippen LogP contribution in [0, 0.1) is 0 Å². The maximum absolute atomic E-state index is 12.0. The predicted octanol–water partition coefficient (Wildman–Crippen LogP) is 0.494. The van der Waals surface area contributed by atoms with Gasteiger partial charge < -0.3 is 14.2 Å². The van der Waals surface area contributed by atoms with E-state index in [1.807, 2.05) is 0 Å². The molecular weight excluding hydrogens is 220 g/mol. The quantitative estimate of drug-likeness (QED) is 0.702. The van der Waals surface area contributed by atoms with Crippen LogP contribution in [0.4, 0.5) is 0 Å². The SMILES string of the molecule is COCCCN(C)C(=O)c1ccc(=O)n(C)c1. The molecule has 0 aliphatic rings. The zero-order valence-electron chi connectivity index (χ0n) is 10.5. The molecule has 0 radical (unpaired) electrons. The summed E-state index contributed by atoms with van der Waals surface area (Å²) in [6.45, 7) is 1.26. The number of nitrogens with zero attached hydrogens (tertiary/aromatic N) is 2. The number of hydrogen-bond acceptors (Lipinski definition) is 3. The molecule has 1 amide bonds. The molecule has 17 heavy (non-hydrogen) atoms. The largest absolute Gasteiger partial charge is 0.385 e. The summed E-state index contributed by atoms with van der Waals surface area (Å²) in [4.78, 5) is 24.8. The lowest BCUT2D eigenvalue weighted by molar-refractivity contribution is 0.0778. The van der Waals surface area contributed by atoms with Crippen molar-refractivity contribution in [3.05, 3.63) is 34.2 Å². The van der Waals surface area contributed by atoms with E-state index >= 15 is 0 Å². The molecule has 0 aromatic carbocycles. The van der Waals surface area contributed by atoms with Gasteiger partial charge >= 0.3 is 0 Å². The lowest BCUT2D eigenvalue weighted by Gasteiger charge is -2.17. The second-order valence-corrected chi connectivity index (χ2v) is 3.94. The van der Waals surface area contributed by atoms with Crippen LogP contribution in [0.2, 0.25) is 0 Å². The van der Waals surface area contributed by atoms with Crippen LogP contribution in [0.5, 0.6) is 0 Å². The molecule has 1 aromatic heterocycles. The fourth-order valence-electron chi connectivity index (χ4n) is 1.49. The Balaban J connectivity index is 2.68. The molecule has 1 aromatic rings. The summed E-state index contributed by atoms with van der Waals surface area (Å²) in [6, 6.07) is 2.95. The van der Waals surface area contributed by atoms with Crippen LogP contribution in [0.25, 0.3) is 0 Å². The molecule has 0 aliphatic carbocycles. The third-order valence-corrected chi connectivity index (χ3v) is 2.52. The Morgan fingerprint density at radius 3 is 2.76 bits per heavy atom. The number of aryl methyl sites for hydroxylation is 1. The summed E-state index contributed by atoms with van der Waals surface area (Å²) in [7, 11) is 5.00. The summed E-state index contributed by atoms with van der Waals surface area (Å²) in [6.07, 6.45) is 2.35. The highest BCUT2D eigenvalue weighted by Crippen LogP contribution is 2.01. The second-order valence-electron chi connectivity index (χ2n) is 3.94. The molecule has 5 nitrogen and oxygen atoms in total. The van der Waals surface area contributed by atoms with Gasteiger partial charge in [0.15, 0.2) is 0 Å². The number of methoxy groups -OCH3 is 1. The van der Waals surface area contributed by atoms with E-state index in [0.717, 1.165) is 6.42 Å². The first-order valence-corrected chi connectivity index (χ1v) is 5.47. The summed E-state index contributed by atoms with van der Waals surface area (Å²) in [5.41, 5.74) is 0.399. The van der Waals surface area contributed by atoms with E-state index in [0.29, 0.717) is 18.7 Å². The Morgan fingerprint density at radius 2 is 2.18 bits per heavy atom. The highest BCUT2D eigenvalue weighted by molar-refractivity contribution is 5.93. The minimum absolute atomic E-state index is 0.0864. The number of rotatable bonds is 5. The van der Waals surface area contributed by atoms with E-state index < -0.39 is 0 Å². The van der Waals surface area contributed by atoms with Crippen LogP contribution in [-0.2, 0) is 11.8 Å². The molecule has 0 unspecified atom stereocenters. The average molecular weight is 238 g/mol. The van der Waals surface area contributed by atoms with E-state index in [2.05, 4.69) is 0 Å². The van der Waals surface area contributed by atoms with Gasteiger partial charge in [0.2, 0.25) is 5.56 Å². The van der Waals surface area contributed by atoms with Crippen LogP contribution >= 0.6 is 0 Å². The van der Waals surface area contributed by atoms with Gasteiger partial charge in [-0.05, 0) is 12.5 Å². The van der Waals surface area contributed by atoms with Crippen molar-refractivity contribution in [1.29, 1.82) is 0 Å². The third-order valence-electron chi connectivity index (χ3n) is 2.52. The topological polar surface area (TPSA) is 51.5 Å².